The van der Waals surface area contributed by atoms with Crippen molar-refractivity contribution in [2.24, 2.45) is 5.92 Å². The molecule has 0 aliphatic carbocycles. The van der Waals surface area contributed by atoms with E-state index in [1.807, 2.05) is 36.4 Å². The third-order valence-corrected chi connectivity index (χ3v) is 3.11. The maximum Gasteiger partial charge on any atom is 0.225 e. The number of aromatic nitrogens is 2. The lowest BCUT2D eigenvalue weighted by Crippen LogP contribution is -2.14. The van der Waals surface area contributed by atoms with E-state index in [0.29, 0.717) is 24.6 Å². The Bertz CT molecular complexity index is 581. The normalized spacial score (nSPS) is 10.5. The summed E-state index contributed by atoms with van der Waals surface area (Å²) in [5, 5.41) is 14.0. The van der Waals surface area contributed by atoms with Crippen LogP contribution < -0.4 is 10.6 Å². The van der Waals surface area contributed by atoms with Crippen molar-refractivity contribution in [2.45, 2.75) is 26.7 Å². The van der Waals surface area contributed by atoms with Gasteiger partial charge in [-0.15, -0.1) is 10.2 Å². The molecule has 22 heavy (non-hydrogen) atoms. The number of hydrogen-bond acceptors (Lipinski definition) is 4. The fourth-order valence-corrected chi connectivity index (χ4v) is 1.91. The Morgan fingerprint density at radius 1 is 1.05 bits per heavy atom. The first-order valence-corrected chi connectivity index (χ1v) is 7.55. The molecule has 1 aromatic heterocycles. The Labute approximate surface area is 131 Å². The van der Waals surface area contributed by atoms with E-state index < -0.39 is 0 Å². The molecule has 0 saturated heterocycles. The Morgan fingerprint density at radius 3 is 2.36 bits per heavy atom. The first-order valence-electron chi connectivity index (χ1n) is 7.55. The van der Waals surface area contributed by atoms with Crippen LogP contribution in [0.5, 0.6) is 0 Å². The molecule has 5 heteroatoms. The molecule has 2 rings (SSSR count). The van der Waals surface area contributed by atoms with Gasteiger partial charge in [-0.25, -0.2) is 0 Å². The van der Waals surface area contributed by atoms with E-state index in [1.54, 1.807) is 6.07 Å². The highest BCUT2D eigenvalue weighted by atomic mass is 16.1. The molecule has 0 saturated carbocycles. The molecule has 2 aromatic rings. The number of rotatable bonds is 7. The summed E-state index contributed by atoms with van der Waals surface area (Å²) >= 11 is 0. The predicted octanol–water partition coefficient (Wildman–Crippen LogP) is 3.12. The largest absolute Gasteiger partial charge is 0.368 e. The Hall–Kier alpha value is -2.43. The molecular formula is C17H22N4O. The standard InChI is InChI=1S/C17H22N4O/c1-13(2)12-18-15-9-10-16(21-20-15)19-17(22)11-8-14-6-4-3-5-7-14/h3-7,9-10,13H,8,11-12H2,1-2H3,(H,18,20)(H,19,21,22). The van der Waals surface area contributed by atoms with E-state index in [1.165, 1.54) is 0 Å². The zero-order chi connectivity index (χ0) is 15.8. The van der Waals surface area contributed by atoms with Gasteiger partial charge in [0, 0.05) is 13.0 Å². The molecule has 2 N–H and O–H groups in total. The maximum absolute atomic E-state index is 11.9. The van der Waals surface area contributed by atoms with Crippen LogP contribution in [0.15, 0.2) is 42.5 Å². The first-order chi connectivity index (χ1) is 10.6. The summed E-state index contributed by atoms with van der Waals surface area (Å²) in [5.74, 6) is 1.68. The summed E-state index contributed by atoms with van der Waals surface area (Å²) < 4.78 is 0. The van der Waals surface area contributed by atoms with Crippen LogP contribution in [0, 0.1) is 5.92 Å². The van der Waals surface area contributed by atoms with Crippen LogP contribution in [-0.2, 0) is 11.2 Å². The SMILES string of the molecule is CC(C)CNc1ccc(NC(=O)CCc2ccccc2)nn1. The predicted molar refractivity (Wildman–Crippen MR) is 88.8 cm³/mol. The molecule has 0 aliphatic heterocycles. The molecule has 1 amide bonds. The number of carbonyl (C=O) groups excluding carboxylic acids is 1. The minimum atomic E-state index is -0.0546. The second-order valence-electron chi connectivity index (χ2n) is 5.61. The number of hydrogen-bond donors (Lipinski definition) is 2. The molecule has 0 atom stereocenters. The Balaban J connectivity index is 1.79. The summed E-state index contributed by atoms with van der Waals surface area (Å²) in [5.41, 5.74) is 1.15. The molecule has 0 bridgehead atoms. The van der Waals surface area contributed by atoms with Gasteiger partial charge < -0.3 is 10.6 Å². The van der Waals surface area contributed by atoms with Crippen molar-refractivity contribution in [2.75, 3.05) is 17.2 Å². The van der Waals surface area contributed by atoms with Gasteiger partial charge in [0.05, 0.1) is 0 Å². The number of anilines is 2. The Kier molecular flexibility index (Phi) is 5.89. The summed E-state index contributed by atoms with van der Waals surface area (Å²) in [6.07, 6.45) is 1.15. The van der Waals surface area contributed by atoms with E-state index in [-0.39, 0.29) is 5.91 Å². The van der Waals surface area contributed by atoms with Crippen molar-refractivity contribution in [1.29, 1.82) is 0 Å². The van der Waals surface area contributed by atoms with Crippen molar-refractivity contribution < 1.29 is 4.79 Å². The van der Waals surface area contributed by atoms with E-state index in [4.69, 9.17) is 0 Å². The lowest BCUT2D eigenvalue weighted by Gasteiger charge is -2.08. The lowest BCUT2D eigenvalue weighted by molar-refractivity contribution is -0.116. The monoisotopic (exact) mass is 298 g/mol. The van der Waals surface area contributed by atoms with Crippen LogP contribution in [0.3, 0.4) is 0 Å². The molecule has 1 aromatic carbocycles. The topological polar surface area (TPSA) is 66.9 Å². The quantitative estimate of drug-likeness (QED) is 0.824. The number of amides is 1. The van der Waals surface area contributed by atoms with Gasteiger partial charge in [0.2, 0.25) is 5.91 Å². The van der Waals surface area contributed by atoms with Crippen molar-refractivity contribution in [3.05, 3.63) is 48.0 Å². The first kappa shape index (κ1) is 15.9. The van der Waals surface area contributed by atoms with Crippen LogP contribution in [0.1, 0.15) is 25.8 Å². The van der Waals surface area contributed by atoms with Gasteiger partial charge in [-0.3, -0.25) is 4.79 Å². The smallest absolute Gasteiger partial charge is 0.225 e. The third kappa shape index (κ3) is 5.52. The summed E-state index contributed by atoms with van der Waals surface area (Å²) in [7, 11) is 0. The van der Waals surface area contributed by atoms with Crippen molar-refractivity contribution >= 4 is 17.5 Å². The van der Waals surface area contributed by atoms with Gasteiger partial charge in [-0.2, -0.15) is 0 Å². The molecule has 0 spiro atoms. The molecule has 1 heterocycles. The van der Waals surface area contributed by atoms with Crippen molar-refractivity contribution in [3.63, 3.8) is 0 Å². The van der Waals surface area contributed by atoms with Crippen LogP contribution in [0.2, 0.25) is 0 Å². The minimum Gasteiger partial charge on any atom is -0.368 e. The summed E-state index contributed by atoms with van der Waals surface area (Å²) in [6.45, 7) is 5.10. The number of nitrogens with zero attached hydrogens (tertiary/aromatic N) is 2. The van der Waals surface area contributed by atoms with Crippen LogP contribution in [0.4, 0.5) is 11.6 Å². The van der Waals surface area contributed by atoms with Gasteiger partial charge in [0.15, 0.2) is 5.82 Å². The zero-order valence-corrected chi connectivity index (χ0v) is 13.0. The van der Waals surface area contributed by atoms with Crippen LogP contribution in [0.25, 0.3) is 0 Å². The zero-order valence-electron chi connectivity index (χ0n) is 13.0. The van der Waals surface area contributed by atoms with Gasteiger partial charge in [-0.1, -0.05) is 44.2 Å². The van der Waals surface area contributed by atoms with Crippen LogP contribution in [-0.4, -0.2) is 22.6 Å². The van der Waals surface area contributed by atoms with Gasteiger partial charge in [0.1, 0.15) is 5.82 Å². The van der Waals surface area contributed by atoms with E-state index >= 15 is 0 Å². The summed E-state index contributed by atoms with van der Waals surface area (Å²) in [6, 6.07) is 13.5. The highest BCUT2D eigenvalue weighted by Crippen LogP contribution is 2.08. The minimum absolute atomic E-state index is 0.0546. The average molecular weight is 298 g/mol. The van der Waals surface area contributed by atoms with Gasteiger partial charge in [0.25, 0.3) is 0 Å². The average Bonchev–Trinajstić information content (AvgIpc) is 2.53. The fourth-order valence-electron chi connectivity index (χ4n) is 1.91. The highest BCUT2D eigenvalue weighted by Gasteiger charge is 2.05. The molecule has 0 radical (unpaired) electrons. The number of carbonyl (C=O) groups is 1. The molecule has 5 nitrogen and oxygen atoms in total. The van der Waals surface area contributed by atoms with Crippen molar-refractivity contribution in [1.82, 2.24) is 10.2 Å². The maximum atomic E-state index is 11.9. The van der Waals surface area contributed by atoms with E-state index in [2.05, 4.69) is 34.7 Å². The van der Waals surface area contributed by atoms with Crippen LogP contribution >= 0.6 is 0 Å². The number of nitrogens with one attached hydrogen (secondary N) is 2. The fraction of sp³-hybridized carbons (Fsp3) is 0.353. The summed E-state index contributed by atoms with van der Waals surface area (Å²) in [4.78, 5) is 11.9. The van der Waals surface area contributed by atoms with E-state index in [9.17, 15) is 4.79 Å². The second-order valence-corrected chi connectivity index (χ2v) is 5.61. The molecule has 0 fully saturated rings. The molecule has 0 aliphatic rings. The highest BCUT2D eigenvalue weighted by molar-refractivity contribution is 5.89. The van der Waals surface area contributed by atoms with E-state index in [0.717, 1.165) is 17.9 Å². The molecule has 0 unspecified atom stereocenters. The number of aryl methyl sites for hydroxylation is 1. The molecule has 116 valence electrons. The third-order valence-electron chi connectivity index (χ3n) is 3.11. The molecular weight excluding hydrogens is 276 g/mol. The van der Waals surface area contributed by atoms with Crippen molar-refractivity contribution in [3.8, 4) is 0 Å². The number of benzene rings is 1. The van der Waals surface area contributed by atoms with Gasteiger partial charge >= 0.3 is 0 Å². The Morgan fingerprint density at radius 2 is 1.73 bits per heavy atom. The van der Waals surface area contributed by atoms with Gasteiger partial charge in [-0.05, 0) is 30.0 Å². The lowest BCUT2D eigenvalue weighted by atomic mass is 10.1. The second kappa shape index (κ2) is 8.12.